The molecule has 140 valence electrons. The first-order chi connectivity index (χ1) is 12.7. The Labute approximate surface area is 154 Å². The molecule has 3 heterocycles. The van der Waals surface area contributed by atoms with Gasteiger partial charge in [0.25, 0.3) is 0 Å². The summed E-state index contributed by atoms with van der Waals surface area (Å²) in [6, 6.07) is 4.64. The van der Waals surface area contributed by atoms with Gasteiger partial charge < -0.3 is 15.5 Å². The molecule has 0 spiro atoms. The van der Waals surface area contributed by atoms with Gasteiger partial charge in [-0.2, -0.15) is 5.10 Å². The van der Waals surface area contributed by atoms with Crippen molar-refractivity contribution in [2.45, 2.75) is 39.3 Å². The summed E-state index contributed by atoms with van der Waals surface area (Å²) in [6.45, 7) is 7.47. The first-order valence-corrected chi connectivity index (χ1v) is 9.21. The molecule has 0 amide bonds. The summed E-state index contributed by atoms with van der Waals surface area (Å²) in [6.07, 6.45) is 5.61. The van der Waals surface area contributed by atoms with Crippen molar-refractivity contribution < 1.29 is 0 Å². The van der Waals surface area contributed by atoms with E-state index in [0.29, 0.717) is 12.6 Å². The van der Waals surface area contributed by atoms with E-state index in [1.54, 1.807) is 11.0 Å². The highest BCUT2D eigenvalue weighted by Crippen LogP contribution is 2.18. The van der Waals surface area contributed by atoms with Crippen molar-refractivity contribution in [1.29, 1.82) is 0 Å². The summed E-state index contributed by atoms with van der Waals surface area (Å²) in [5, 5.41) is 11.0. The van der Waals surface area contributed by atoms with Crippen molar-refractivity contribution >= 4 is 11.8 Å². The maximum atomic E-state index is 4.64. The summed E-state index contributed by atoms with van der Waals surface area (Å²) in [4.78, 5) is 15.7. The Morgan fingerprint density at radius 3 is 2.69 bits per heavy atom. The Balaban J connectivity index is 1.54. The number of anilines is 1. The lowest BCUT2D eigenvalue weighted by Crippen LogP contribution is -2.48. The number of aryl methyl sites for hydroxylation is 2. The van der Waals surface area contributed by atoms with Gasteiger partial charge in [0, 0.05) is 38.9 Å². The topological polar surface area (TPSA) is 83.3 Å². The third-order valence-electron chi connectivity index (χ3n) is 4.58. The molecular formula is C18H28N8. The Morgan fingerprint density at radius 1 is 1.27 bits per heavy atom. The highest BCUT2D eigenvalue weighted by Gasteiger charge is 2.20. The number of pyridine rings is 1. The lowest BCUT2D eigenvalue weighted by atomic mass is 10.1. The molecule has 1 saturated heterocycles. The average molecular weight is 356 g/mol. The predicted octanol–water partition coefficient (Wildman–Crippen LogP) is 1.24. The Hall–Kier alpha value is -2.64. The molecule has 2 N–H and O–H groups in total. The molecule has 0 atom stereocenters. The first-order valence-electron chi connectivity index (χ1n) is 9.21. The van der Waals surface area contributed by atoms with Gasteiger partial charge >= 0.3 is 0 Å². The van der Waals surface area contributed by atoms with Gasteiger partial charge in [0.2, 0.25) is 0 Å². The Morgan fingerprint density at radius 2 is 2.08 bits per heavy atom. The fourth-order valence-corrected chi connectivity index (χ4v) is 3.03. The van der Waals surface area contributed by atoms with E-state index in [9.17, 15) is 0 Å². The van der Waals surface area contributed by atoms with E-state index in [0.717, 1.165) is 50.1 Å². The molecule has 1 aliphatic heterocycles. The minimum Gasteiger partial charge on any atom is -0.357 e. The Kier molecular flexibility index (Phi) is 6.04. The second-order valence-electron chi connectivity index (χ2n) is 6.59. The number of hydrogen-bond donors (Lipinski definition) is 2. The molecule has 3 rings (SSSR count). The molecule has 8 nitrogen and oxygen atoms in total. The average Bonchev–Trinajstić information content (AvgIpc) is 3.06. The quantitative estimate of drug-likeness (QED) is 0.620. The number of guanidine groups is 1. The van der Waals surface area contributed by atoms with Crippen molar-refractivity contribution in [3.8, 4) is 0 Å². The van der Waals surface area contributed by atoms with Gasteiger partial charge in [-0.15, -0.1) is 0 Å². The van der Waals surface area contributed by atoms with Crippen LogP contribution in [-0.2, 0) is 13.6 Å². The number of aliphatic imine (C=N–C) groups is 1. The highest BCUT2D eigenvalue weighted by atomic mass is 15.3. The van der Waals surface area contributed by atoms with E-state index < -0.39 is 0 Å². The number of rotatable bonds is 5. The molecule has 1 fully saturated rings. The molecule has 2 aromatic heterocycles. The predicted molar refractivity (Wildman–Crippen MR) is 103 cm³/mol. The zero-order valence-electron chi connectivity index (χ0n) is 15.8. The van der Waals surface area contributed by atoms with Crippen LogP contribution in [0.1, 0.15) is 31.2 Å². The van der Waals surface area contributed by atoms with Crippen LogP contribution in [0.5, 0.6) is 0 Å². The molecular weight excluding hydrogens is 328 g/mol. The monoisotopic (exact) mass is 356 g/mol. The molecule has 8 heteroatoms. The van der Waals surface area contributed by atoms with Gasteiger partial charge in [-0.25, -0.2) is 15.0 Å². The van der Waals surface area contributed by atoms with Crippen molar-refractivity contribution in [3.05, 3.63) is 36.0 Å². The standard InChI is InChI=1S/C18H28N8/c1-4-19-18(21-12-17-22-13-23-25(17)3)24-15-7-9-26(10-8-15)16-6-5-14(2)11-20-16/h5-6,11,13,15H,4,7-10,12H2,1-3H3,(H2,19,21,24). The fraction of sp³-hybridized carbons (Fsp3) is 0.556. The van der Waals surface area contributed by atoms with Gasteiger partial charge in [0.05, 0.1) is 0 Å². The van der Waals surface area contributed by atoms with E-state index in [2.05, 4.69) is 61.6 Å². The van der Waals surface area contributed by atoms with Gasteiger partial charge in [0.1, 0.15) is 24.5 Å². The molecule has 2 aromatic rings. The fourth-order valence-electron chi connectivity index (χ4n) is 3.03. The minimum atomic E-state index is 0.411. The van der Waals surface area contributed by atoms with E-state index in [4.69, 9.17) is 0 Å². The van der Waals surface area contributed by atoms with Crippen molar-refractivity contribution in [2.75, 3.05) is 24.5 Å². The first kappa shape index (κ1) is 18.2. The van der Waals surface area contributed by atoms with Gasteiger partial charge in [-0.1, -0.05) is 6.07 Å². The minimum absolute atomic E-state index is 0.411. The number of hydrogen-bond acceptors (Lipinski definition) is 5. The molecule has 1 aliphatic rings. The summed E-state index contributed by atoms with van der Waals surface area (Å²) >= 11 is 0. The molecule has 0 aromatic carbocycles. The van der Waals surface area contributed by atoms with Crippen LogP contribution in [0.25, 0.3) is 0 Å². The SMILES string of the molecule is CCNC(=NCc1ncnn1C)NC1CCN(c2ccc(C)cn2)CC1. The second kappa shape index (κ2) is 8.64. The van der Waals surface area contributed by atoms with Gasteiger partial charge in [0.15, 0.2) is 5.96 Å². The molecule has 26 heavy (non-hydrogen) atoms. The van der Waals surface area contributed by atoms with Crippen LogP contribution in [0.4, 0.5) is 5.82 Å². The van der Waals surface area contributed by atoms with Crippen LogP contribution in [-0.4, -0.2) is 51.4 Å². The zero-order valence-corrected chi connectivity index (χ0v) is 15.8. The summed E-state index contributed by atoms with van der Waals surface area (Å²) in [5.74, 6) is 2.75. The molecule has 0 saturated carbocycles. The third kappa shape index (κ3) is 4.71. The second-order valence-corrected chi connectivity index (χ2v) is 6.59. The zero-order chi connectivity index (χ0) is 18.4. The maximum Gasteiger partial charge on any atom is 0.191 e. The molecule has 0 radical (unpaired) electrons. The smallest absolute Gasteiger partial charge is 0.191 e. The number of nitrogens with one attached hydrogen (secondary N) is 2. The van der Waals surface area contributed by atoms with Crippen molar-refractivity contribution in [3.63, 3.8) is 0 Å². The molecule has 0 aliphatic carbocycles. The normalized spacial score (nSPS) is 16.0. The van der Waals surface area contributed by atoms with Crippen LogP contribution in [0.3, 0.4) is 0 Å². The van der Waals surface area contributed by atoms with E-state index in [1.807, 2.05) is 13.2 Å². The molecule has 0 unspecified atom stereocenters. The third-order valence-corrected chi connectivity index (χ3v) is 4.58. The highest BCUT2D eigenvalue weighted by molar-refractivity contribution is 5.80. The summed E-state index contributed by atoms with van der Waals surface area (Å²) < 4.78 is 1.75. The van der Waals surface area contributed by atoms with Crippen LogP contribution in [0.15, 0.2) is 29.6 Å². The van der Waals surface area contributed by atoms with Gasteiger partial charge in [-0.3, -0.25) is 4.68 Å². The number of piperidine rings is 1. The van der Waals surface area contributed by atoms with Crippen molar-refractivity contribution in [1.82, 2.24) is 30.4 Å². The lowest BCUT2D eigenvalue weighted by Gasteiger charge is -2.33. The summed E-state index contributed by atoms with van der Waals surface area (Å²) in [5.41, 5.74) is 1.19. The van der Waals surface area contributed by atoms with E-state index >= 15 is 0 Å². The van der Waals surface area contributed by atoms with E-state index in [1.165, 1.54) is 5.56 Å². The van der Waals surface area contributed by atoms with Crippen LogP contribution in [0.2, 0.25) is 0 Å². The lowest BCUT2D eigenvalue weighted by molar-refractivity contribution is 0.459. The number of nitrogens with zero attached hydrogens (tertiary/aromatic N) is 6. The maximum absolute atomic E-state index is 4.64. The van der Waals surface area contributed by atoms with Crippen molar-refractivity contribution in [2.24, 2.45) is 12.0 Å². The van der Waals surface area contributed by atoms with Gasteiger partial charge in [-0.05, 0) is 38.3 Å². The largest absolute Gasteiger partial charge is 0.357 e. The number of aromatic nitrogens is 4. The van der Waals surface area contributed by atoms with Crippen LogP contribution >= 0.6 is 0 Å². The Bertz CT molecular complexity index is 713. The molecule has 0 bridgehead atoms. The van der Waals surface area contributed by atoms with Crippen LogP contribution in [0, 0.1) is 6.92 Å². The van der Waals surface area contributed by atoms with E-state index in [-0.39, 0.29) is 0 Å². The van der Waals surface area contributed by atoms with Crippen LogP contribution < -0.4 is 15.5 Å². The summed E-state index contributed by atoms with van der Waals surface area (Å²) in [7, 11) is 1.88.